The van der Waals surface area contributed by atoms with Crippen LogP contribution in [0.2, 0.25) is 0 Å². The molecular formula is C15H16N4O5. The maximum absolute atomic E-state index is 12.4. The Bertz CT molecular complexity index is 739. The summed E-state index contributed by atoms with van der Waals surface area (Å²) in [6.45, 7) is 2.10. The quantitative estimate of drug-likeness (QED) is 0.437. The van der Waals surface area contributed by atoms with Crippen LogP contribution in [0.25, 0.3) is 0 Å². The van der Waals surface area contributed by atoms with Crippen LogP contribution in [0.15, 0.2) is 18.2 Å². The number of nitro benzene ring substituents is 1. The zero-order valence-electron chi connectivity index (χ0n) is 13.1. The van der Waals surface area contributed by atoms with Crippen molar-refractivity contribution in [2.45, 2.75) is 0 Å². The molecule has 2 aliphatic heterocycles. The second-order valence-corrected chi connectivity index (χ2v) is 5.84. The smallest absolute Gasteiger partial charge is 0.282 e. The number of likely N-dealkylation sites (N-methyl/N-ethyl adjacent to an activating group) is 1. The maximum atomic E-state index is 12.4. The molecule has 0 saturated carbocycles. The lowest BCUT2D eigenvalue weighted by molar-refractivity contribution is -0.385. The van der Waals surface area contributed by atoms with Gasteiger partial charge < -0.3 is 9.80 Å². The summed E-state index contributed by atoms with van der Waals surface area (Å²) >= 11 is 0. The maximum Gasteiger partial charge on any atom is 0.282 e. The molecule has 3 rings (SSSR count). The third-order valence-electron chi connectivity index (χ3n) is 4.32. The van der Waals surface area contributed by atoms with Crippen LogP contribution >= 0.6 is 0 Å². The highest BCUT2D eigenvalue weighted by molar-refractivity contribution is 6.24. The van der Waals surface area contributed by atoms with Gasteiger partial charge >= 0.3 is 0 Å². The Balaban J connectivity index is 1.80. The van der Waals surface area contributed by atoms with Gasteiger partial charge in [0.2, 0.25) is 5.91 Å². The van der Waals surface area contributed by atoms with Gasteiger partial charge in [-0.05, 0) is 13.1 Å². The average molecular weight is 332 g/mol. The van der Waals surface area contributed by atoms with Crippen molar-refractivity contribution < 1.29 is 19.3 Å². The SMILES string of the molecule is CN1CCN(C(=O)CN2C(=O)c3cccc([N+](=O)[O-])c3C2=O)CC1. The van der Waals surface area contributed by atoms with Crippen LogP contribution in [-0.4, -0.2) is 77.1 Å². The summed E-state index contributed by atoms with van der Waals surface area (Å²) in [7, 11) is 1.95. The minimum atomic E-state index is -0.787. The largest absolute Gasteiger partial charge is 0.339 e. The molecule has 1 aromatic rings. The fourth-order valence-electron chi connectivity index (χ4n) is 2.90. The van der Waals surface area contributed by atoms with E-state index in [2.05, 4.69) is 4.90 Å². The fourth-order valence-corrected chi connectivity index (χ4v) is 2.90. The van der Waals surface area contributed by atoms with Crippen LogP contribution in [-0.2, 0) is 4.79 Å². The van der Waals surface area contributed by atoms with Gasteiger partial charge in [-0.15, -0.1) is 0 Å². The number of amides is 3. The van der Waals surface area contributed by atoms with E-state index in [0.717, 1.165) is 18.0 Å². The zero-order valence-corrected chi connectivity index (χ0v) is 13.1. The van der Waals surface area contributed by atoms with E-state index in [-0.39, 0.29) is 17.0 Å². The Morgan fingerprint density at radius 2 is 1.83 bits per heavy atom. The summed E-state index contributed by atoms with van der Waals surface area (Å²) < 4.78 is 0. The molecule has 0 aliphatic carbocycles. The average Bonchev–Trinajstić information content (AvgIpc) is 2.80. The second-order valence-electron chi connectivity index (χ2n) is 5.84. The monoisotopic (exact) mass is 332 g/mol. The van der Waals surface area contributed by atoms with E-state index < -0.39 is 29.0 Å². The Kier molecular flexibility index (Phi) is 4.02. The van der Waals surface area contributed by atoms with Gasteiger partial charge in [0.1, 0.15) is 12.1 Å². The van der Waals surface area contributed by atoms with Crippen molar-refractivity contribution in [3.8, 4) is 0 Å². The van der Waals surface area contributed by atoms with Gasteiger partial charge in [0, 0.05) is 32.2 Å². The number of rotatable bonds is 3. The summed E-state index contributed by atoms with van der Waals surface area (Å²) in [6, 6.07) is 3.90. The van der Waals surface area contributed by atoms with E-state index >= 15 is 0 Å². The predicted molar refractivity (Wildman–Crippen MR) is 82.5 cm³/mol. The Morgan fingerprint density at radius 3 is 2.46 bits per heavy atom. The molecule has 24 heavy (non-hydrogen) atoms. The van der Waals surface area contributed by atoms with Crippen molar-refractivity contribution in [2.24, 2.45) is 0 Å². The van der Waals surface area contributed by atoms with Gasteiger partial charge in [-0.2, -0.15) is 0 Å². The molecule has 0 radical (unpaired) electrons. The number of nitro groups is 1. The lowest BCUT2D eigenvalue weighted by Crippen LogP contribution is -2.50. The van der Waals surface area contributed by atoms with E-state index in [0.29, 0.717) is 13.1 Å². The first-order chi connectivity index (χ1) is 11.4. The molecule has 9 nitrogen and oxygen atoms in total. The number of hydrogen-bond acceptors (Lipinski definition) is 6. The lowest BCUT2D eigenvalue weighted by atomic mass is 10.1. The van der Waals surface area contributed by atoms with Crippen molar-refractivity contribution in [1.29, 1.82) is 0 Å². The van der Waals surface area contributed by atoms with E-state index in [1.165, 1.54) is 18.2 Å². The van der Waals surface area contributed by atoms with Gasteiger partial charge in [-0.3, -0.25) is 29.4 Å². The standard InChI is InChI=1S/C15H16N4O5/c1-16-5-7-17(8-6-16)12(20)9-18-14(21)10-3-2-4-11(19(23)24)13(10)15(18)22/h2-4H,5-9H2,1H3. The van der Waals surface area contributed by atoms with Crippen LogP contribution < -0.4 is 0 Å². The fraction of sp³-hybridized carbons (Fsp3) is 0.400. The summed E-state index contributed by atoms with van der Waals surface area (Å²) in [5, 5.41) is 11.1. The van der Waals surface area contributed by atoms with Gasteiger partial charge in [0.05, 0.1) is 10.5 Å². The molecule has 126 valence electrons. The Labute approximate surface area is 137 Å². The molecule has 9 heteroatoms. The molecular weight excluding hydrogens is 316 g/mol. The Hall–Kier alpha value is -2.81. The first-order valence-electron chi connectivity index (χ1n) is 7.50. The molecule has 2 aliphatic rings. The van der Waals surface area contributed by atoms with E-state index in [1.54, 1.807) is 4.90 Å². The molecule has 1 aromatic carbocycles. The molecule has 1 fully saturated rings. The van der Waals surface area contributed by atoms with Crippen molar-refractivity contribution in [3.05, 3.63) is 39.4 Å². The number of piperazine rings is 1. The van der Waals surface area contributed by atoms with Crippen molar-refractivity contribution in [2.75, 3.05) is 39.8 Å². The van der Waals surface area contributed by atoms with Crippen molar-refractivity contribution >= 4 is 23.4 Å². The molecule has 0 bridgehead atoms. The molecule has 0 aromatic heterocycles. The first-order valence-corrected chi connectivity index (χ1v) is 7.50. The minimum absolute atomic E-state index is 0.0274. The van der Waals surface area contributed by atoms with Crippen LogP contribution in [0.4, 0.5) is 5.69 Å². The number of carbonyl (C=O) groups excluding carboxylic acids is 3. The van der Waals surface area contributed by atoms with Crippen LogP contribution in [0.3, 0.4) is 0 Å². The number of imide groups is 1. The molecule has 1 saturated heterocycles. The number of nitrogens with zero attached hydrogens (tertiary/aromatic N) is 4. The number of benzene rings is 1. The van der Waals surface area contributed by atoms with Gasteiger partial charge in [0.25, 0.3) is 17.5 Å². The van der Waals surface area contributed by atoms with E-state index in [4.69, 9.17) is 0 Å². The minimum Gasteiger partial charge on any atom is -0.339 e. The third-order valence-corrected chi connectivity index (χ3v) is 4.32. The molecule has 3 amide bonds. The lowest BCUT2D eigenvalue weighted by Gasteiger charge is -2.33. The summed E-state index contributed by atoms with van der Waals surface area (Å²) in [5.74, 6) is -1.79. The number of carbonyl (C=O) groups is 3. The highest BCUT2D eigenvalue weighted by Gasteiger charge is 2.42. The topological polar surface area (TPSA) is 104 Å². The second kappa shape index (κ2) is 6.00. The molecule has 0 spiro atoms. The van der Waals surface area contributed by atoms with Gasteiger partial charge in [-0.1, -0.05) is 6.07 Å². The molecule has 0 N–H and O–H groups in total. The predicted octanol–water partition coefficient (Wildman–Crippen LogP) is -0.0352. The van der Waals surface area contributed by atoms with Crippen LogP contribution in [0, 0.1) is 10.1 Å². The highest BCUT2D eigenvalue weighted by Crippen LogP contribution is 2.30. The first kappa shape index (κ1) is 16.1. The van der Waals surface area contributed by atoms with E-state index in [1.807, 2.05) is 7.05 Å². The normalized spacial score (nSPS) is 18.0. The summed E-state index contributed by atoms with van der Waals surface area (Å²) in [6.07, 6.45) is 0. The van der Waals surface area contributed by atoms with Crippen molar-refractivity contribution in [3.63, 3.8) is 0 Å². The molecule has 0 unspecified atom stereocenters. The van der Waals surface area contributed by atoms with Gasteiger partial charge in [-0.25, -0.2) is 0 Å². The molecule has 0 atom stereocenters. The highest BCUT2D eigenvalue weighted by atomic mass is 16.6. The Morgan fingerprint density at radius 1 is 1.17 bits per heavy atom. The van der Waals surface area contributed by atoms with Crippen molar-refractivity contribution in [1.82, 2.24) is 14.7 Å². The zero-order chi connectivity index (χ0) is 17.4. The number of hydrogen-bond donors (Lipinski definition) is 0. The van der Waals surface area contributed by atoms with Crippen LogP contribution in [0.5, 0.6) is 0 Å². The summed E-state index contributed by atoms with van der Waals surface area (Å²) in [4.78, 5) is 52.0. The summed E-state index contributed by atoms with van der Waals surface area (Å²) in [5.41, 5.74) is -0.681. The third kappa shape index (κ3) is 2.62. The molecule has 2 heterocycles. The van der Waals surface area contributed by atoms with E-state index in [9.17, 15) is 24.5 Å². The van der Waals surface area contributed by atoms with Gasteiger partial charge in [0.15, 0.2) is 0 Å². The number of fused-ring (bicyclic) bond motifs is 1. The van der Waals surface area contributed by atoms with Crippen LogP contribution in [0.1, 0.15) is 20.7 Å².